The summed E-state index contributed by atoms with van der Waals surface area (Å²) in [5.41, 5.74) is 0.926. The van der Waals surface area contributed by atoms with Crippen molar-refractivity contribution in [3.63, 3.8) is 0 Å². The summed E-state index contributed by atoms with van der Waals surface area (Å²) < 4.78 is 0. The van der Waals surface area contributed by atoms with Crippen molar-refractivity contribution < 1.29 is 0 Å². The maximum absolute atomic E-state index is 6.59. The van der Waals surface area contributed by atoms with Crippen LogP contribution in [-0.4, -0.2) is 18.0 Å². The minimum atomic E-state index is 0.363. The molecule has 0 spiro atoms. The topological polar surface area (TPSA) is 36.2 Å². The molecule has 1 unspecified atom stereocenters. The largest absolute Gasteiger partial charge is 0.307 e. The quantitative estimate of drug-likeness (QED) is 0.447. The predicted octanol–water partition coefficient (Wildman–Crippen LogP) is 0.479. The molecule has 0 aliphatic carbocycles. The van der Waals surface area contributed by atoms with Crippen LogP contribution in [0.25, 0.3) is 0 Å². The molecule has 2 nitrogen and oxygen atoms in total. The third-order valence-corrected chi connectivity index (χ3v) is 0.851. The molecule has 0 saturated heterocycles. The summed E-state index contributed by atoms with van der Waals surface area (Å²) >= 11 is 0. The molecule has 1 rings (SSSR count). The predicted molar refractivity (Wildman–Crippen MR) is 25.7 cm³/mol. The van der Waals surface area contributed by atoms with Crippen LogP contribution < -0.4 is 0 Å². The van der Waals surface area contributed by atoms with Crippen LogP contribution in [0.3, 0.4) is 0 Å². The van der Waals surface area contributed by atoms with E-state index >= 15 is 0 Å². The van der Waals surface area contributed by atoms with Crippen LogP contribution in [0.1, 0.15) is 6.92 Å². The van der Waals surface area contributed by atoms with E-state index in [1.807, 2.05) is 6.92 Å². The molecule has 1 atom stereocenters. The summed E-state index contributed by atoms with van der Waals surface area (Å²) in [5, 5.41) is 6.59. The van der Waals surface area contributed by atoms with Crippen LogP contribution in [0.5, 0.6) is 0 Å². The average Bonchev–Trinajstić information content (AvgIpc) is 2.19. The summed E-state index contributed by atoms with van der Waals surface area (Å²) in [6, 6.07) is 0.363. The highest BCUT2D eigenvalue weighted by molar-refractivity contribution is 6.37. The van der Waals surface area contributed by atoms with E-state index in [4.69, 9.17) is 5.41 Å². The summed E-state index contributed by atoms with van der Waals surface area (Å²) in [6.45, 7) is 1.97. The van der Waals surface area contributed by atoms with Gasteiger partial charge in [-0.25, -0.2) is 0 Å². The SMILES string of the molecule is CC1N=C1C=N. The van der Waals surface area contributed by atoms with Gasteiger partial charge in [0.2, 0.25) is 0 Å². The second kappa shape index (κ2) is 0.899. The van der Waals surface area contributed by atoms with E-state index in [2.05, 4.69) is 4.99 Å². The van der Waals surface area contributed by atoms with Crippen LogP contribution >= 0.6 is 0 Å². The summed E-state index contributed by atoms with van der Waals surface area (Å²) in [6.07, 6.45) is 1.30. The minimum absolute atomic E-state index is 0.363. The molecule has 1 aliphatic heterocycles. The van der Waals surface area contributed by atoms with Gasteiger partial charge in [-0.3, -0.25) is 4.99 Å². The zero-order chi connectivity index (χ0) is 4.57. The summed E-state index contributed by atoms with van der Waals surface area (Å²) in [5.74, 6) is 0. The molecule has 0 saturated carbocycles. The third kappa shape index (κ3) is 0.339. The summed E-state index contributed by atoms with van der Waals surface area (Å²) in [7, 11) is 0. The second-order valence-electron chi connectivity index (χ2n) is 1.37. The van der Waals surface area contributed by atoms with Crippen molar-refractivity contribution in [2.24, 2.45) is 4.99 Å². The van der Waals surface area contributed by atoms with Crippen LogP contribution in [0, 0.1) is 5.41 Å². The standard InChI is InChI=1S/C4H6N2/c1-3-4(2-5)6-3/h2-3,5H,1H3. The fraction of sp³-hybridized carbons (Fsp3) is 0.500. The van der Waals surface area contributed by atoms with Gasteiger partial charge in [0.1, 0.15) is 0 Å². The number of rotatable bonds is 1. The van der Waals surface area contributed by atoms with Crippen molar-refractivity contribution in [3.8, 4) is 0 Å². The number of aliphatic imine (C=N–C) groups is 1. The fourth-order valence-electron chi connectivity index (χ4n) is 0.344. The number of nitrogens with one attached hydrogen (secondary N) is 1. The average molecular weight is 82.1 g/mol. The van der Waals surface area contributed by atoms with E-state index < -0.39 is 0 Å². The maximum Gasteiger partial charge on any atom is 0.0907 e. The smallest absolute Gasteiger partial charge is 0.0907 e. The van der Waals surface area contributed by atoms with Crippen molar-refractivity contribution in [1.29, 1.82) is 5.41 Å². The Balaban J connectivity index is 2.42. The minimum Gasteiger partial charge on any atom is -0.307 e. The molecule has 0 amide bonds. The first-order chi connectivity index (χ1) is 2.84. The van der Waals surface area contributed by atoms with E-state index in [0.29, 0.717) is 6.04 Å². The van der Waals surface area contributed by atoms with Gasteiger partial charge < -0.3 is 5.41 Å². The lowest BCUT2D eigenvalue weighted by Crippen LogP contribution is -1.88. The van der Waals surface area contributed by atoms with Crippen LogP contribution in [0.15, 0.2) is 4.99 Å². The summed E-state index contributed by atoms with van der Waals surface area (Å²) in [4.78, 5) is 3.85. The van der Waals surface area contributed by atoms with Gasteiger partial charge in [-0.2, -0.15) is 0 Å². The highest BCUT2D eigenvalue weighted by Crippen LogP contribution is 2.05. The molecule has 0 bridgehead atoms. The first-order valence-electron chi connectivity index (χ1n) is 1.93. The monoisotopic (exact) mass is 82.1 g/mol. The lowest BCUT2D eigenvalue weighted by molar-refractivity contribution is 1.15. The molecule has 0 aromatic heterocycles. The maximum atomic E-state index is 6.59. The third-order valence-electron chi connectivity index (χ3n) is 0.851. The number of nitrogens with zero attached hydrogens (tertiary/aromatic N) is 1. The molecule has 0 radical (unpaired) electrons. The normalized spacial score (nSPS) is 28.8. The van der Waals surface area contributed by atoms with Gasteiger partial charge in [-0.05, 0) is 6.92 Å². The Kier molecular flexibility index (Phi) is 0.528. The Morgan fingerprint density at radius 3 is 2.50 bits per heavy atom. The van der Waals surface area contributed by atoms with E-state index in [9.17, 15) is 0 Å². The van der Waals surface area contributed by atoms with Crippen molar-refractivity contribution in [3.05, 3.63) is 0 Å². The molecule has 0 aromatic rings. The van der Waals surface area contributed by atoms with Gasteiger partial charge >= 0.3 is 0 Å². The number of hydrogen-bond acceptors (Lipinski definition) is 2. The molecule has 0 aromatic carbocycles. The Morgan fingerprint density at radius 1 is 2.00 bits per heavy atom. The Labute approximate surface area is 36.4 Å². The molecule has 0 fully saturated rings. The first-order valence-corrected chi connectivity index (χ1v) is 1.93. The zero-order valence-corrected chi connectivity index (χ0v) is 3.60. The van der Waals surface area contributed by atoms with Crippen molar-refractivity contribution >= 4 is 11.9 Å². The lowest BCUT2D eigenvalue weighted by Gasteiger charge is -1.65. The van der Waals surface area contributed by atoms with Crippen molar-refractivity contribution in [1.82, 2.24) is 0 Å². The molecule has 1 heterocycles. The van der Waals surface area contributed by atoms with Gasteiger partial charge in [-0.1, -0.05) is 0 Å². The van der Waals surface area contributed by atoms with E-state index in [-0.39, 0.29) is 0 Å². The Bertz CT molecular complexity index is 104. The Morgan fingerprint density at radius 2 is 2.50 bits per heavy atom. The van der Waals surface area contributed by atoms with E-state index in [1.165, 1.54) is 6.21 Å². The van der Waals surface area contributed by atoms with Crippen LogP contribution in [0.2, 0.25) is 0 Å². The van der Waals surface area contributed by atoms with E-state index in [0.717, 1.165) is 5.71 Å². The molecular formula is C4H6N2. The van der Waals surface area contributed by atoms with E-state index in [1.54, 1.807) is 0 Å². The Hall–Kier alpha value is -0.660. The van der Waals surface area contributed by atoms with Crippen molar-refractivity contribution in [2.45, 2.75) is 13.0 Å². The molecule has 1 N–H and O–H groups in total. The van der Waals surface area contributed by atoms with Gasteiger partial charge in [0.15, 0.2) is 0 Å². The van der Waals surface area contributed by atoms with Gasteiger partial charge in [0, 0.05) is 6.21 Å². The molecule has 6 heavy (non-hydrogen) atoms. The van der Waals surface area contributed by atoms with Crippen LogP contribution in [-0.2, 0) is 0 Å². The van der Waals surface area contributed by atoms with Crippen molar-refractivity contribution in [2.75, 3.05) is 0 Å². The van der Waals surface area contributed by atoms with Gasteiger partial charge in [0.25, 0.3) is 0 Å². The highest BCUT2D eigenvalue weighted by Gasteiger charge is 2.17. The molecule has 1 aliphatic rings. The van der Waals surface area contributed by atoms with Crippen LogP contribution in [0.4, 0.5) is 0 Å². The fourth-order valence-corrected chi connectivity index (χ4v) is 0.344. The zero-order valence-electron chi connectivity index (χ0n) is 3.60. The lowest BCUT2D eigenvalue weighted by atomic mass is 10.4. The second-order valence-corrected chi connectivity index (χ2v) is 1.37. The molecule has 2 heteroatoms. The molecular weight excluding hydrogens is 76.1 g/mol. The molecule has 32 valence electrons. The van der Waals surface area contributed by atoms with Gasteiger partial charge in [0.05, 0.1) is 11.8 Å². The van der Waals surface area contributed by atoms with Gasteiger partial charge in [-0.15, -0.1) is 0 Å². The highest BCUT2D eigenvalue weighted by atomic mass is 15.0. The first kappa shape index (κ1) is 3.53. The number of hydrogen-bond donors (Lipinski definition) is 1.